The molecule has 0 saturated heterocycles. The molecule has 0 heteroatoms. The van der Waals surface area contributed by atoms with Gasteiger partial charge in [0.25, 0.3) is 0 Å². The smallest absolute Gasteiger partial charge is 0.0133 e. The standard InChI is InChI=1S/C10H12/c1-2-9-7-4-5-8(6-7)10(9)3-1/h1-2,4-5,7-10H,3,6H2/t7-,8+,9?,10+/m1/s1. The van der Waals surface area contributed by atoms with E-state index in [0.717, 1.165) is 23.7 Å². The van der Waals surface area contributed by atoms with E-state index in [9.17, 15) is 0 Å². The Kier molecular flexibility index (Phi) is 0.803. The summed E-state index contributed by atoms with van der Waals surface area (Å²) in [4.78, 5) is 0. The molecule has 0 aromatic heterocycles. The average Bonchev–Trinajstić information content (AvgIpc) is 2.60. The zero-order valence-corrected chi connectivity index (χ0v) is 6.03. The number of fused-ring (bicyclic) bond motifs is 5. The van der Waals surface area contributed by atoms with Crippen molar-refractivity contribution in [3.63, 3.8) is 0 Å². The van der Waals surface area contributed by atoms with Crippen LogP contribution < -0.4 is 0 Å². The minimum absolute atomic E-state index is 0.925. The van der Waals surface area contributed by atoms with E-state index in [1.165, 1.54) is 12.8 Å². The Morgan fingerprint density at radius 2 is 1.90 bits per heavy atom. The fourth-order valence-corrected chi connectivity index (χ4v) is 2.97. The van der Waals surface area contributed by atoms with E-state index >= 15 is 0 Å². The highest BCUT2D eigenvalue weighted by Crippen LogP contribution is 2.52. The lowest BCUT2D eigenvalue weighted by atomic mass is 9.86. The minimum atomic E-state index is 0.925. The van der Waals surface area contributed by atoms with Crippen LogP contribution in [-0.4, -0.2) is 0 Å². The summed E-state index contributed by atoms with van der Waals surface area (Å²) in [7, 11) is 0. The normalized spacial score (nSPS) is 54.4. The van der Waals surface area contributed by atoms with E-state index in [-0.39, 0.29) is 0 Å². The Morgan fingerprint density at radius 3 is 2.80 bits per heavy atom. The van der Waals surface area contributed by atoms with Crippen molar-refractivity contribution in [2.75, 3.05) is 0 Å². The van der Waals surface area contributed by atoms with Crippen LogP contribution in [0.2, 0.25) is 0 Å². The molecule has 0 spiro atoms. The zero-order chi connectivity index (χ0) is 6.55. The molecule has 3 aliphatic carbocycles. The van der Waals surface area contributed by atoms with Crippen LogP contribution in [-0.2, 0) is 0 Å². The molecule has 1 fully saturated rings. The third-order valence-corrected chi connectivity index (χ3v) is 3.46. The second-order valence-corrected chi connectivity index (χ2v) is 3.85. The SMILES string of the molecule is C1=CC2[C@@H]3C=C[C@@H](C3)[C@@H]2C1. The molecule has 0 aliphatic heterocycles. The van der Waals surface area contributed by atoms with Crippen LogP contribution in [0.15, 0.2) is 24.3 Å². The highest BCUT2D eigenvalue weighted by Gasteiger charge is 2.44. The number of rotatable bonds is 0. The maximum absolute atomic E-state index is 2.44. The van der Waals surface area contributed by atoms with E-state index in [4.69, 9.17) is 0 Å². The van der Waals surface area contributed by atoms with Gasteiger partial charge in [0, 0.05) is 0 Å². The van der Waals surface area contributed by atoms with Gasteiger partial charge in [-0.3, -0.25) is 0 Å². The second kappa shape index (κ2) is 1.55. The molecule has 0 heterocycles. The zero-order valence-electron chi connectivity index (χ0n) is 6.03. The molecule has 0 N–H and O–H groups in total. The van der Waals surface area contributed by atoms with Gasteiger partial charge in [0.15, 0.2) is 0 Å². The van der Waals surface area contributed by atoms with E-state index in [1.807, 2.05) is 0 Å². The second-order valence-electron chi connectivity index (χ2n) is 3.85. The fourth-order valence-electron chi connectivity index (χ4n) is 2.97. The quantitative estimate of drug-likeness (QED) is 0.444. The van der Waals surface area contributed by atoms with Crippen LogP contribution in [0.5, 0.6) is 0 Å². The molecule has 0 aromatic rings. The first kappa shape index (κ1) is 5.17. The third kappa shape index (κ3) is 0.448. The Balaban J connectivity index is 2.04. The molecule has 0 aromatic carbocycles. The van der Waals surface area contributed by atoms with Crippen molar-refractivity contribution in [3.05, 3.63) is 24.3 Å². The molecular formula is C10H12. The minimum Gasteiger partial charge on any atom is -0.0879 e. The van der Waals surface area contributed by atoms with Crippen LogP contribution in [0, 0.1) is 23.7 Å². The van der Waals surface area contributed by atoms with Crippen LogP contribution >= 0.6 is 0 Å². The van der Waals surface area contributed by atoms with Crippen LogP contribution in [0.4, 0.5) is 0 Å². The van der Waals surface area contributed by atoms with Crippen molar-refractivity contribution in [2.45, 2.75) is 12.8 Å². The van der Waals surface area contributed by atoms with Gasteiger partial charge in [-0.15, -0.1) is 0 Å². The van der Waals surface area contributed by atoms with Crippen LogP contribution in [0.25, 0.3) is 0 Å². The highest BCUT2D eigenvalue weighted by molar-refractivity contribution is 5.21. The molecule has 0 amide bonds. The Morgan fingerprint density at radius 1 is 1.00 bits per heavy atom. The largest absolute Gasteiger partial charge is 0.0879 e. The van der Waals surface area contributed by atoms with E-state index in [0.29, 0.717) is 0 Å². The predicted molar refractivity (Wildman–Crippen MR) is 41.5 cm³/mol. The van der Waals surface area contributed by atoms with Gasteiger partial charge in [-0.2, -0.15) is 0 Å². The number of allylic oxidation sites excluding steroid dienone is 4. The molecule has 52 valence electrons. The lowest BCUT2D eigenvalue weighted by Crippen LogP contribution is -2.12. The molecular weight excluding hydrogens is 120 g/mol. The molecule has 3 rings (SSSR count). The average molecular weight is 132 g/mol. The summed E-state index contributed by atoms with van der Waals surface area (Å²) in [6.45, 7) is 0. The number of hydrogen-bond acceptors (Lipinski definition) is 0. The molecule has 4 atom stereocenters. The first-order valence-electron chi connectivity index (χ1n) is 4.30. The lowest BCUT2D eigenvalue weighted by Gasteiger charge is -2.18. The summed E-state index contributed by atoms with van der Waals surface area (Å²) >= 11 is 0. The molecule has 1 unspecified atom stereocenters. The Bertz CT molecular complexity index is 212. The van der Waals surface area contributed by atoms with Gasteiger partial charge >= 0.3 is 0 Å². The van der Waals surface area contributed by atoms with Crippen molar-refractivity contribution in [3.8, 4) is 0 Å². The van der Waals surface area contributed by atoms with Crippen LogP contribution in [0.1, 0.15) is 12.8 Å². The predicted octanol–water partition coefficient (Wildman–Crippen LogP) is 2.38. The Labute approximate surface area is 61.6 Å². The van der Waals surface area contributed by atoms with Gasteiger partial charge in [-0.25, -0.2) is 0 Å². The maximum atomic E-state index is 2.44. The summed E-state index contributed by atoms with van der Waals surface area (Å²) in [6, 6.07) is 0. The van der Waals surface area contributed by atoms with E-state index in [2.05, 4.69) is 24.3 Å². The lowest BCUT2D eigenvalue weighted by molar-refractivity contribution is 0.398. The van der Waals surface area contributed by atoms with Gasteiger partial charge in [0.05, 0.1) is 0 Å². The molecule has 10 heavy (non-hydrogen) atoms. The maximum Gasteiger partial charge on any atom is -0.0133 e. The van der Waals surface area contributed by atoms with Crippen LogP contribution in [0.3, 0.4) is 0 Å². The molecule has 2 bridgehead atoms. The van der Waals surface area contributed by atoms with Crippen molar-refractivity contribution < 1.29 is 0 Å². The van der Waals surface area contributed by atoms with Crippen molar-refractivity contribution in [1.29, 1.82) is 0 Å². The first-order valence-corrected chi connectivity index (χ1v) is 4.30. The Hall–Kier alpha value is -0.520. The topological polar surface area (TPSA) is 0 Å². The summed E-state index contributed by atoms with van der Waals surface area (Å²) < 4.78 is 0. The summed E-state index contributed by atoms with van der Waals surface area (Å²) in [5.41, 5.74) is 0. The fraction of sp³-hybridized carbons (Fsp3) is 0.600. The molecule has 3 aliphatic rings. The molecule has 0 radical (unpaired) electrons. The third-order valence-electron chi connectivity index (χ3n) is 3.46. The summed E-state index contributed by atoms with van der Waals surface area (Å²) in [5, 5.41) is 0. The summed E-state index contributed by atoms with van der Waals surface area (Å²) in [6.07, 6.45) is 12.5. The van der Waals surface area contributed by atoms with Crippen molar-refractivity contribution >= 4 is 0 Å². The van der Waals surface area contributed by atoms with Gasteiger partial charge in [0.1, 0.15) is 0 Å². The number of hydrogen-bond donors (Lipinski definition) is 0. The summed E-state index contributed by atoms with van der Waals surface area (Å²) in [5.74, 6) is 3.82. The van der Waals surface area contributed by atoms with E-state index < -0.39 is 0 Å². The highest BCUT2D eigenvalue weighted by atomic mass is 14.5. The van der Waals surface area contributed by atoms with Gasteiger partial charge in [-0.1, -0.05) is 24.3 Å². The first-order chi connectivity index (χ1) is 4.95. The van der Waals surface area contributed by atoms with Crippen molar-refractivity contribution in [2.24, 2.45) is 23.7 Å². The van der Waals surface area contributed by atoms with Gasteiger partial charge < -0.3 is 0 Å². The molecule has 1 saturated carbocycles. The monoisotopic (exact) mass is 132 g/mol. The van der Waals surface area contributed by atoms with E-state index in [1.54, 1.807) is 0 Å². The van der Waals surface area contributed by atoms with Gasteiger partial charge in [-0.05, 0) is 36.5 Å². The van der Waals surface area contributed by atoms with Gasteiger partial charge in [0.2, 0.25) is 0 Å². The van der Waals surface area contributed by atoms with Crippen molar-refractivity contribution in [1.82, 2.24) is 0 Å². The molecule has 0 nitrogen and oxygen atoms in total.